The Labute approximate surface area is 119 Å². The van der Waals surface area contributed by atoms with E-state index in [0.717, 1.165) is 11.4 Å². The largest absolute Gasteiger partial charge is 0.347 e. The molecule has 0 N–H and O–H groups in total. The maximum Gasteiger partial charge on any atom is 0.182 e. The highest BCUT2D eigenvalue weighted by Crippen LogP contribution is 2.18. The number of Topliss-reactive ketones (excluding diaryl/α,β-unsaturated/α-hetero) is 1. The third-order valence-corrected chi connectivity index (χ3v) is 5.15. The van der Waals surface area contributed by atoms with Crippen LogP contribution in [-0.4, -0.2) is 35.7 Å². The van der Waals surface area contributed by atoms with Crippen LogP contribution in [0.5, 0.6) is 0 Å². The van der Waals surface area contributed by atoms with Gasteiger partial charge in [0.1, 0.15) is 0 Å². The van der Waals surface area contributed by atoms with Crippen LogP contribution in [0.15, 0.2) is 6.07 Å². The predicted octanol–water partition coefficient (Wildman–Crippen LogP) is 2.35. The van der Waals surface area contributed by atoms with Gasteiger partial charge in [0, 0.05) is 29.2 Å². The minimum Gasteiger partial charge on any atom is -0.347 e. The van der Waals surface area contributed by atoms with E-state index in [0.29, 0.717) is 12.1 Å². The van der Waals surface area contributed by atoms with Crippen molar-refractivity contribution in [2.75, 3.05) is 11.5 Å². The number of rotatable bonds is 6. The smallest absolute Gasteiger partial charge is 0.182 e. The molecule has 4 nitrogen and oxygen atoms in total. The zero-order valence-electron chi connectivity index (χ0n) is 11.7. The molecule has 0 aliphatic carbocycles. The number of nitrogens with zero attached hydrogens (tertiary/aromatic N) is 1. The first kappa shape index (κ1) is 16.2. The lowest BCUT2D eigenvalue weighted by atomic mass is 10.1. The van der Waals surface area contributed by atoms with Crippen molar-refractivity contribution in [3.05, 3.63) is 23.0 Å². The second-order valence-corrected chi connectivity index (χ2v) is 7.78. The SMILES string of the molecule is CCS(=O)(=O)CCn1c(C)cc(C(=O)C(C)Cl)c1C. The maximum absolute atomic E-state index is 11.9. The number of aryl methyl sites for hydroxylation is 1. The molecule has 19 heavy (non-hydrogen) atoms. The fourth-order valence-corrected chi connectivity index (χ4v) is 2.85. The summed E-state index contributed by atoms with van der Waals surface area (Å²) in [5, 5.41) is -0.576. The van der Waals surface area contributed by atoms with Gasteiger partial charge in [0.05, 0.1) is 11.1 Å². The lowest BCUT2D eigenvalue weighted by Gasteiger charge is -2.10. The molecular weight excluding hydrogens is 286 g/mol. The summed E-state index contributed by atoms with van der Waals surface area (Å²) >= 11 is 5.81. The minimum atomic E-state index is -3.01. The fourth-order valence-electron chi connectivity index (χ4n) is 1.98. The molecular formula is C13H20ClNO3S. The number of halogens is 1. The Bertz CT molecular complexity index is 573. The number of sulfone groups is 1. The van der Waals surface area contributed by atoms with Gasteiger partial charge < -0.3 is 4.57 Å². The molecule has 1 rings (SSSR count). The van der Waals surface area contributed by atoms with E-state index in [-0.39, 0.29) is 17.3 Å². The molecule has 0 spiro atoms. The van der Waals surface area contributed by atoms with Crippen LogP contribution < -0.4 is 0 Å². The molecule has 0 saturated heterocycles. The van der Waals surface area contributed by atoms with E-state index >= 15 is 0 Å². The molecule has 0 amide bonds. The summed E-state index contributed by atoms with van der Waals surface area (Å²) < 4.78 is 24.9. The van der Waals surface area contributed by atoms with Gasteiger partial charge in [-0.05, 0) is 26.8 Å². The van der Waals surface area contributed by atoms with Crippen LogP contribution in [0.3, 0.4) is 0 Å². The number of carbonyl (C=O) groups excluding carboxylic acids is 1. The molecule has 1 atom stereocenters. The fraction of sp³-hybridized carbons (Fsp3) is 0.615. The predicted molar refractivity (Wildman–Crippen MR) is 77.9 cm³/mol. The molecule has 1 unspecified atom stereocenters. The molecule has 0 fully saturated rings. The molecule has 1 aromatic heterocycles. The van der Waals surface area contributed by atoms with E-state index in [1.165, 1.54) is 0 Å². The van der Waals surface area contributed by atoms with E-state index in [4.69, 9.17) is 11.6 Å². The molecule has 0 bridgehead atoms. The maximum atomic E-state index is 11.9. The Balaban J connectivity index is 3.02. The first-order valence-corrected chi connectivity index (χ1v) is 8.50. The Kier molecular flexibility index (Phi) is 5.21. The number of alkyl halides is 1. The highest BCUT2D eigenvalue weighted by Gasteiger charge is 2.20. The van der Waals surface area contributed by atoms with E-state index in [2.05, 4.69) is 0 Å². The molecule has 108 valence electrons. The van der Waals surface area contributed by atoms with Crippen LogP contribution in [0.2, 0.25) is 0 Å². The average Bonchev–Trinajstić information content (AvgIpc) is 2.61. The van der Waals surface area contributed by atoms with Crippen molar-refractivity contribution in [3.8, 4) is 0 Å². The summed E-state index contributed by atoms with van der Waals surface area (Å²) in [5.74, 6) is 0.0974. The molecule has 0 aliphatic heterocycles. The second-order valence-electron chi connectivity index (χ2n) is 4.65. The van der Waals surface area contributed by atoms with Crippen LogP contribution in [-0.2, 0) is 16.4 Å². The number of hydrogen-bond acceptors (Lipinski definition) is 3. The number of aromatic nitrogens is 1. The van der Waals surface area contributed by atoms with Gasteiger partial charge in [-0.25, -0.2) is 8.42 Å². The highest BCUT2D eigenvalue weighted by molar-refractivity contribution is 7.91. The van der Waals surface area contributed by atoms with Crippen LogP contribution in [0.4, 0.5) is 0 Å². The first-order valence-electron chi connectivity index (χ1n) is 6.25. The lowest BCUT2D eigenvalue weighted by molar-refractivity contribution is 0.0991. The average molecular weight is 306 g/mol. The van der Waals surface area contributed by atoms with Crippen molar-refractivity contribution in [1.29, 1.82) is 0 Å². The Hall–Kier alpha value is -0.810. The van der Waals surface area contributed by atoms with Gasteiger partial charge in [-0.3, -0.25) is 4.79 Å². The quantitative estimate of drug-likeness (QED) is 0.599. The summed E-state index contributed by atoms with van der Waals surface area (Å²) in [6, 6.07) is 1.77. The van der Waals surface area contributed by atoms with E-state index in [9.17, 15) is 13.2 Å². The summed E-state index contributed by atoms with van der Waals surface area (Å²) in [4.78, 5) is 11.9. The van der Waals surface area contributed by atoms with Gasteiger partial charge in [-0.2, -0.15) is 0 Å². The monoisotopic (exact) mass is 305 g/mol. The van der Waals surface area contributed by atoms with Gasteiger partial charge >= 0.3 is 0 Å². The molecule has 0 saturated carbocycles. The number of hydrogen-bond donors (Lipinski definition) is 0. The zero-order valence-corrected chi connectivity index (χ0v) is 13.3. The van der Waals surface area contributed by atoms with Crippen molar-refractivity contribution in [2.24, 2.45) is 0 Å². The summed E-state index contributed by atoms with van der Waals surface area (Å²) in [5.41, 5.74) is 2.24. The Morgan fingerprint density at radius 3 is 2.47 bits per heavy atom. The first-order chi connectivity index (χ1) is 8.69. The third kappa shape index (κ3) is 3.83. The Morgan fingerprint density at radius 1 is 1.42 bits per heavy atom. The zero-order chi connectivity index (χ0) is 14.8. The van der Waals surface area contributed by atoms with Crippen molar-refractivity contribution in [1.82, 2.24) is 4.57 Å². The molecule has 0 aliphatic rings. The summed E-state index contributed by atoms with van der Waals surface area (Å²) in [6.45, 7) is 7.32. The van der Waals surface area contributed by atoms with E-state index < -0.39 is 15.2 Å². The van der Waals surface area contributed by atoms with Gasteiger partial charge in [-0.1, -0.05) is 6.92 Å². The highest BCUT2D eigenvalue weighted by atomic mass is 35.5. The van der Waals surface area contributed by atoms with Gasteiger partial charge in [0.2, 0.25) is 0 Å². The Morgan fingerprint density at radius 2 is 2.00 bits per heavy atom. The molecule has 0 aromatic carbocycles. The van der Waals surface area contributed by atoms with E-state index in [1.54, 1.807) is 19.9 Å². The van der Waals surface area contributed by atoms with Crippen molar-refractivity contribution < 1.29 is 13.2 Å². The second kappa shape index (κ2) is 6.09. The van der Waals surface area contributed by atoms with Gasteiger partial charge in [-0.15, -0.1) is 11.6 Å². The molecule has 6 heteroatoms. The lowest BCUT2D eigenvalue weighted by Crippen LogP contribution is -2.17. The summed E-state index contributed by atoms with van der Waals surface area (Å²) in [6.07, 6.45) is 0. The molecule has 0 radical (unpaired) electrons. The van der Waals surface area contributed by atoms with Crippen molar-refractivity contribution in [2.45, 2.75) is 39.6 Å². The summed E-state index contributed by atoms with van der Waals surface area (Å²) in [7, 11) is -3.01. The van der Waals surface area contributed by atoms with Crippen LogP contribution >= 0.6 is 11.6 Å². The van der Waals surface area contributed by atoms with E-state index in [1.807, 2.05) is 18.4 Å². The normalized spacial score (nSPS) is 13.5. The number of ketones is 1. The van der Waals surface area contributed by atoms with Gasteiger partial charge in [0.25, 0.3) is 0 Å². The molecule has 1 aromatic rings. The van der Waals surface area contributed by atoms with Crippen LogP contribution in [0.25, 0.3) is 0 Å². The standard InChI is InChI=1S/C13H20ClNO3S/c1-5-19(17,18)7-6-15-9(2)8-12(11(15)4)13(16)10(3)14/h8,10H,5-7H2,1-4H3. The minimum absolute atomic E-state index is 0.0872. The van der Waals surface area contributed by atoms with Crippen LogP contribution in [0, 0.1) is 13.8 Å². The van der Waals surface area contributed by atoms with Crippen LogP contribution in [0.1, 0.15) is 35.6 Å². The third-order valence-electron chi connectivity index (χ3n) is 3.27. The topological polar surface area (TPSA) is 56.1 Å². The molecule has 1 heterocycles. The van der Waals surface area contributed by atoms with Gasteiger partial charge in [0.15, 0.2) is 15.6 Å². The van der Waals surface area contributed by atoms with Crippen molar-refractivity contribution >= 4 is 27.2 Å². The number of carbonyl (C=O) groups is 1. The van der Waals surface area contributed by atoms with Crippen molar-refractivity contribution in [3.63, 3.8) is 0 Å².